The second-order valence-corrected chi connectivity index (χ2v) is 3.90. The van der Waals surface area contributed by atoms with Crippen molar-refractivity contribution >= 4 is 5.91 Å². The Kier molecular flexibility index (Phi) is 4.83. The van der Waals surface area contributed by atoms with Gasteiger partial charge in [-0.1, -0.05) is 19.4 Å². The average Bonchev–Trinajstić information content (AvgIpc) is 2.29. The largest absolute Gasteiger partial charge is 0.497 e. The lowest BCUT2D eigenvalue weighted by molar-refractivity contribution is 0.0938. The first-order valence-electron chi connectivity index (χ1n) is 5.62. The van der Waals surface area contributed by atoms with Gasteiger partial charge in [-0.3, -0.25) is 4.79 Å². The number of benzene rings is 1. The molecule has 0 aliphatic carbocycles. The average molecular weight is 221 g/mol. The van der Waals surface area contributed by atoms with Crippen LogP contribution in [0.15, 0.2) is 24.3 Å². The second-order valence-electron chi connectivity index (χ2n) is 3.90. The summed E-state index contributed by atoms with van der Waals surface area (Å²) in [6, 6.07) is 7.39. The van der Waals surface area contributed by atoms with Crippen LogP contribution < -0.4 is 10.1 Å². The standard InChI is InChI=1S/C13H19NO2/c1-4-6-10(2)14-13(15)11-7-5-8-12(9-11)16-3/h5,7-10H,4,6H2,1-3H3,(H,14,15)/t10-/m0/s1. The number of hydrogen-bond acceptors (Lipinski definition) is 2. The van der Waals surface area contributed by atoms with E-state index in [1.54, 1.807) is 19.2 Å². The summed E-state index contributed by atoms with van der Waals surface area (Å²) < 4.78 is 5.08. The summed E-state index contributed by atoms with van der Waals surface area (Å²) in [5, 5.41) is 2.95. The Morgan fingerprint density at radius 1 is 1.50 bits per heavy atom. The molecule has 3 heteroatoms. The van der Waals surface area contributed by atoms with Crippen LogP contribution in [-0.2, 0) is 0 Å². The minimum atomic E-state index is -0.0418. The van der Waals surface area contributed by atoms with Gasteiger partial charge in [0, 0.05) is 11.6 Å². The number of nitrogens with one attached hydrogen (secondary N) is 1. The van der Waals surface area contributed by atoms with E-state index < -0.39 is 0 Å². The highest BCUT2D eigenvalue weighted by Gasteiger charge is 2.09. The molecule has 0 aromatic heterocycles. The molecule has 16 heavy (non-hydrogen) atoms. The Morgan fingerprint density at radius 3 is 2.88 bits per heavy atom. The third-order valence-corrected chi connectivity index (χ3v) is 2.43. The molecule has 0 aliphatic heterocycles. The van der Waals surface area contributed by atoms with E-state index in [0.29, 0.717) is 11.3 Å². The number of carbonyl (C=O) groups excluding carboxylic acids is 1. The summed E-state index contributed by atoms with van der Waals surface area (Å²) in [6.07, 6.45) is 2.06. The fourth-order valence-electron chi connectivity index (χ4n) is 1.58. The van der Waals surface area contributed by atoms with Crippen molar-refractivity contribution in [1.29, 1.82) is 0 Å². The zero-order valence-corrected chi connectivity index (χ0v) is 10.1. The molecule has 3 nitrogen and oxygen atoms in total. The quantitative estimate of drug-likeness (QED) is 0.830. The maximum Gasteiger partial charge on any atom is 0.251 e. The predicted molar refractivity (Wildman–Crippen MR) is 64.8 cm³/mol. The fraction of sp³-hybridized carbons (Fsp3) is 0.462. The summed E-state index contributed by atoms with van der Waals surface area (Å²) >= 11 is 0. The zero-order valence-electron chi connectivity index (χ0n) is 10.1. The van der Waals surface area contributed by atoms with Crippen molar-refractivity contribution < 1.29 is 9.53 Å². The van der Waals surface area contributed by atoms with Crippen molar-refractivity contribution in [3.8, 4) is 5.75 Å². The molecule has 1 atom stereocenters. The van der Waals surface area contributed by atoms with Crippen LogP contribution in [0.5, 0.6) is 5.75 Å². The number of amides is 1. The molecule has 0 heterocycles. The molecule has 0 unspecified atom stereocenters. The summed E-state index contributed by atoms with van der Waals surface area (Å²) in [4.78, 5) is 11.8. The molecule has 0 saturated heterocycles. The topological polar surface area (TPSA) is 38.3 Å². The Bertz CT molecular complexity index is 350. The van der Waals surface area contributed by atoms with Gasteiger partial charge in [-0.05, 0) is 31.5 Å². The molecule has 0 spiro atoms. The summed E-state index contributed by atoms with van der Waals surface area (Å²) in [5.41, 5.74) is 0.641. The van der Waals surface area contributed by atoms with Gasteiger partial charge in [0.1, 0.15) is 5.75 Å². The molecule has 1 rings (SSSR count). The highest BCUT2D eigenvalue weighted by molar-refractivity contribution is 5.94. The van der Waals surface area contributed by atoms with E-state index in [1.807, 2.05) is 19.1 Å². The van der Waals surface area contributed by atoms with Gasteiger partial charge in [0.25, 0.3) is 5.91 Å². The van der Waals surface area contributed by atoms with Gasteiger partial charge in [-0.15, -0.1) is 0 Å². The number of ether oxygens (including phenoxy) is 1. The summed E-state index contributed by atoms with van der Waals surface area (Å²) in [5.74, 6) is 0.663. The number of carbonyl (C=O) groups is 1. The number of hydrogen-bond donors (Lipinski definition) is 1. The van der Waals surface area contributed by atoms with E-state index in [1.165, 1.54) is 0 Å². The molecular weight excluding hydrogens is 202 g/mol. The van der Waals surface area contributed by atoms with Gasteiger partial charge < -0.3 is 10.1 Å². The minimum absolute atomic E-state index is 0.0418. The second kappa shape index (κ2) is 6.16. The lowest BCUT2D eigenvalue weighted by Gasteiger charge is -2.13. The first kappa shape index (κ1) is 12.6. The van der Waals surface area contributed by atoms with Gasteiger partial charge >= 0.3 is 0 Å². The van der Waals surface area contributed by atoms with Crippen LogP contribution in [0.1, 0.15) is 37.0 Å². The maximum absolute atomic E-state index is 11.8. The normalized spacial score (nSPS) is 11.9. The Labute approximate surface area is 96.8 Å². The minimum Gasteiger partial charge on any atom is -0.497 e. The van der Waals surface area contributed by atoms with Gasteiger partial charge in [0.15, 0.2) is 0 Å². The Morgan fingerprint density at radius 2 is 2.25 bits per heavy atom. The van der Waals surface area contributed by atoms with E-state index in [2.05, 4.69) is 12.2 Å². The SMILES string of the molecule is CCC[C@H](C)NC(=O)c1cccc(OC)c1. The van der Waals surface area contributed by atoms with Crippen LogP contribution in [0.3, 0.4) is 0 Å². The van der Waals surface area contributed by atoms with E-state index in [4.69, 9.17) is 4.74 Å². The first-order valence-corrected chi connectivity index (χ1v) is 5.62. The van der Waals surface area contributed by atoms with Crippen LogP contribution in [0.25, 0.3) is 0 Å². The molecule has 0 aliphatic rings. The smallest absolute Gasteiger partial charge is 0.251 e. The lowest BCUT2D eigenvalue weighted by atomic mass is 10.1. The van der Waals surface area contributed by atoms with E-state index in [9.17, 15) is 4.79 Å². The van der Waals surface area contributed by atoms with Crippen molar-refractivity contribution in [2.24, 2.45) is 0 Å². The molecule has 0 bridgehead atoms. The highest BCUT2D eigenvalue weighted by atomic mass is 16.5. The van der Waals surface area contributed by atoms with E-state index in [-0.39, 0.29) is 11.9 Å². The fourth-order valence-corrected chi connectivity index (χ4v) is 1.58. The number of rotatable bonds is 5. The summed E-state index contributed by atoms with van der Waals surface area (Å²) in [6.45, 7) is 4.12. The van der Waals surface area contributed by atoms with Crippen molar-refractivity contribution in [1.82, 2.24) is 5.32 Å². The zero-order chi connectivity index (χ0) is 12.0. The van der Waals surface area contributed by atoms with Crippen molar-refractivity contribution in [2.45, 2.75) is 32.7 Å². The predicted octanol–water partition coefficient (Wildman–Crippen LogP) is 2.61. The molecule has 0 radical (unpaired) electrons. The molecule has 0 fully saturated rings. The van der Waals surface area contributed by atoms with Crippen LogP contribution in [0, 0.1) is 0 Å². The Balaban J connectivity index is 2.65. The molecule has 88 valence electrons. The van der Waals surface area contributed by atoms with Crippen molar-refractivity contribution in [3.63, 3.8) is 0 Å². The van der Waals surface area contributed by atoms with Gasteiger partial charge in [-0.2, -0.15) is 0 Å². The van der Waals surface area contributed by atoms with E-state index in [0.717, 1.165) is 12.8 Å². The lowest BCUT2D eigenvalue weighted by Crippen LogP contribution is -2.32. The monoisotopic (exact) mass is 221 g/mol. The summed E-state index contributed by atoms with van der Waals surface area (Å²) in [7, 11) is 1.59. The van der Waals surface area contributed by atoms with Gasteiger partial charge in [-0.25, -0.2) is 0 Å². The van der Waals surface area contributed by atoms with Crippen LogP contribution in [-0.4, -0.2) is 19.1 Å². The molecule has 1 amide bonds. The maximum atomic E-state index is 11.8. The first-order chi connectivity index (χ1) is 7.67. The third-order valence-electron chi connectivity index (χ3n) is 2.43. The molecule has 1 aromatic rings. The molecule has 0 saturated carbocycles. The van der Waals surface area contributed by atoms with Crippen LogP contribution in [0.2, 0.25) is 0 Å². The molecule has 1 aromatic carbocycles. The Hall–Kier alpha value is -1.51. The van der Waals surface area contributed by atoms with E-state index >= 15 is 0 Å². The third kappa shape index (κ3) is 3.57. The number of methoxy groups -OCH3 is 1. The molecular formula is C13H19NO2. The van der Waals surface area contributed by atoms with Gasteiger partial charge in [0.05, 0.1) is 7.11 Å². The van der Waals surface area contributed by atoms with Crippen LogP contribution >= 0.6 is 0 Å². The highest BCUT2D eigenvalue weighted by Crippen LogP contribution is 2.12. The van der Waals surface area contributed by atoms with Crippen LogP contribution in [0.4, 0.5) is 0 Å². The van der Waals surface area contributed by atoms with Crippen molar-refractivity contribution in [2.75, 3.05) is 7.11 Å². The van der Waals surface area contributed by atoms with Gasteiger partial charge in [0.2, 0.25) is 0 Å². The molecule has 1 N–H and O–H groups in total. The van der Waals surface area contributed by atoms with Crippen molar-refractivity contribution in [3.05, 3.63) is 29.8 Å².